The molecule has 0 saturated carbocycles. The number of hydrogen-bond donors (Lipinski definition) is 1. The van der Waals surface area contributed by atoms with E-state index in [4.69, 9.17) is 17.0 Å². The molecule has 96 valence electrons. The zero-order chi connectivity index (χ0) is 13.0. The van der Waals surface area contributed by atoms with E-state index in [0.29, 0.717) is 16.1 Å². The Labute approximate surface area is 112 Å². The Bertz CT molecular complexity index is 504. The zero-order valence-corrected chi connectivity index (χ0v) is 11.3. The number of anilines is 1. The largest absolute Gasteiger partial charge is 0.384 e. The number of ether oxygens (including phenoxy) is 1. The van der Waals surface area contributed by atoms with Crippen molar-refractivity contribution in [1.82, 2.24) is 4.98 Å². The number of rotatable bonds is 3. The number of methoxy groups -OCH3 is 1. The van der Waals surface area contributed by atoms with E-state index in [1.54, 1.807) is 13.3 Å². The van der Waals surface area contributed by atoms with Crippen LogP contribution in [0.15, 0.2) is 12.3 Å². The maximum Gasteiger partial charge on any atom is 0.123 e. The van der Waals surface area contributed by atoms with Gasteiger partial charge in [-0.15, -0.1) is 0 Å². The molecule has 1 aliphatic heterocycles. The average Bonchev–Trinajstić information content (AvgIpc) is 2.39. The highest BCUT2D eigenvalue weighted by Crippen LogP contribution is 2.26. The highest BCUT2D eigenvalue weighted by Gasteiger charge is 2.22. The van der Waals surface area contributed by atoms with Crippen molar-refractivity contribution in [2.75, 3.05) is 31.7 Å². The van der Waals surface area contributed by atoms with E-state index in [2.05, 4.69) is 16.0 Å². The summed E-state index contributed by atoms with van der Waals surface area (Å²) in [6, 6.07) is 4.13. The van der Waals surface area contributed by atoms with Gasteiger partial charge >= 0.3 is 0 Å². The normalized spacial score (nSPS) is 19.6. The Balaban J connectivity index is 2.24. The molecule has 0 spiro atoms. The van der Waals surface area contributed by atoms with Crippen LogP contribution in [-0.2, 0) is 4.74 Å². The molecule has 5 heteroatoms. The van der Waals surface area contributed by atoms with Crippen LogP contribution >= 0.6 is 12.2 Å². The van der Waals surface area contributed by atoms with Crippen LogP contribution < -0.4 is 4.90 Å². The van der Waals surface area contributed by atoms with Crippen molar-refractivity contribution in [3.8, 4) is 6.07 Å². The Morgan fingerprint density at radius 1 is 1.67 bits per heavy atom. The lowest BCUT2D eigenvalue weighted by molar-refractivity contribution is 0.143. The maximum atomic E-state index is 9.21. The molecular formula is C13H17N3OS. The molecule has 1 atom stereocenters. The van der Waals surface area contributed by atoms with Gasteiger partial charge in [-0.1, -0.05) is 12.2 Å². The van der Waals surface area contributed by atoms with Crippen LogP contribution in [-0.4, -0.2) is 31.8 Å². The van der Waals surface area contributed by atoms with E-state index in [0.717, 1.165) is 31.8 Å². The molecule has 1 aromatic rings. The van der Waals surface area contributed by atoms with Gasteiger partial charge in [0.05, 0.1) is 12.3 Å². The second-order valence-corrected chi connectivity index (χ2v) is 5.00. The Hall–Kier alpha value is -1.38. The number of aromatic amines is 1. The fourth-order valence-corrected chi connectivity index (χ4v) is 2.71. The lowest BCUT2D eigenvalue weighted by Crippen LogP contribution is -2.37. The van der Waals surface area contributed by atoms with Gasteiger partial charge in [0, 0.05) is 26.4 Å². The molecule has 1 aromatic heterocycles. The molecule has 1 aliphatic rings. The number of aromatic nitrogens is 1. The van der Waals surface area contributed by atoms with E-state index >= 15 is 0 Å². The third-order valence-electron chi connectivity index (χ3n) is 3.31. The first kappa shape index (κ1) is 13.1. The Kier molecular flexibility index (Phi) is 4.34. The first-order valence-electron chi connectivity index (χ1n) is 6.12. The van der Waals surface area contributed by atoms with Gasteiger partial charge in [0.1, 0.15) is 16.3 Å². The van der Waals surface area contributed by atoms with Crippen LogP contribution in [0.25, 0.3) is 0 Å². The molecule has 2 rings (SSSR count). The standard InChI is InChI=1S/C13H17N3OS/c1-17-9-10-3-2-6-16(8-10)12-4-5-15-13(18)11(12)7-14/h4-5,10H,2-3,6,8-9H2,1H3,(H,15,18). The molecule has 0 bridgehead atoms. The molecule has 4 nitrogen and oxygen atoms in total. The summed E-state index contributed by atoms with van der Waals surface area (Å²) in [5, 5.41) is 9.21. The lowest BCUT2D eigenvalue weighted by atomic mass is 9.98. The van der Waals surface area contributed by atoms with Gasteiger partial charge in [0.25, 0.3) is 0 Å². The van der Waals surface area contributed by atoms with E-state index in [1.165, 1.54) is 6.42 Å². The van der Waals surface area contributed by atoms with Crippen molar-refractivity contribution in [1.29, 1.82) is 5.26 Å². The van der Waals surface area contributed by atoms with Crippen LogP contribution in [0.3, 0.4) is 0 Å². The van der Waals surface area contributed by atoms with Crippen LogP contribution in [0.4, 0.5) is 5.69 Å². The monoisotopic (exact) mass is 263 g/mol. The molecule has 1 fully saturated rings. The molecule has 0 radical (unpaired) electrons. The summed E-state index contributed by atoms with van der Waals surface area (Å²) in [5.74, 6) is 0.535. The molecule has 1 unspecified atom stereocenters. The van der Waals surface area contributed by atoms with E-state index < -0.39 is 0 Å². The SMILES string of the molecule is COCC1CCCN(c2cc[nH]c(=S)c2C#N)C1. The molecule has 0 amide bonds. The lowest BCUT2D eigenvalue weighted by Gasteiger charge is -2.34. The number of nitrogens with zero attached hydrogens (tertiary/aromatic N) is 2. The predicted octanol–water partition coefficient (Wildman–Crippen LogP) is 2.48. The van der Waals surface area contributed by atoms with Crippen LogP contribution in [0, 0.1) is 21.9 Å². The van der Waals surface area contributed by atoms with Gasteiger partial charge in [0.2, 0.25) is 0 Å². The second kappa shape index (κ2) is 5.98. The number of nitrogens with one attached hydrogen (secondary N) is 1. The van der Waals surface area contributed by atoms with Crippen molar-refractivity contribution in [3.63, 3.8) is 0 Å². The Morgan fingerprint density at radius 3 is 3.22 bits per heavy atom. The topological polar surface area (TPSA) is 52.0 Å². The predicted molar refractivity (Wildman–Crippen MR) is 73.2 cm³/mol. The van der Waals surface area contributed by atoms with Crippen molar-refractivity contribution in [3.05, 3.63) is 22.5 Å². The van der Waals surface area contributed by atoms with Crippen LogP contribution in [0.1, 0.15) is 18.4 Å². The van der Waals surface area contributed by atoms with Gasteiger partial charge in [0.15, 0.2) is 0 Å². The minimum absolute atomic E-state index is 0.517. The molecule has 2 heterocycles. The quantitative estimate of drug-likeness (QED) is 0.851. The Morgan fingerprint density at radius 2 is 2.50 bits per heavy atom. The van der Waals surface area contributed by atoms with Gasteiger partial charge in [-0.3, -0.25) is 0 Å². The number of nitriles is 1. The zero-order valence-electron chi connectivity index (χ0n) is 10.5. The van der Waals surface area contributed by atoms with Gasteiger partial charge < -0.3 is 14.6 Å². The molecule has 1 saturated heterocycles. The minimum Gasteiger partial charge on any atom is -0.384 e. The van der Waals surface area contributed by atoms with Crippen molar-refractivity contribution in [2.24, 2.45) is 5.92 Å². The van der Waals surface area contributed by atoms with Crippen molar-refractivity contribution >= 4 is 17.9 Å². The smallest absolute Gasteiger partial charge is 0.123 e. The fourth-order valence-electron chi connectivity index (χ4n) is 2.50. The van der Waals surface area contributed by atoms with E-state index in [1.807, 2.05) is 6.07 Å². The number of pyridine rings is 1. The summed E-state index contributed by atoms with van der Waals surface area (Å²) in [6.45, 7) is 2.69. The fraction of sp³-hybridized carbons (Fsp3) is 0.538. The van der Waals surface area contributed by atoms with Gasteiger partial charge in [-0.2, -0.15) is 5.26 Å². The highest BCUT2D eigenvalue weighted by molar-refractivity contribution is 7.71. The minimum atomic E-state index is 0.517. The van der Waals surface area contributed by atoms with Crippen LogP contribution in [0.5, 0.6) is 0 Å². The summed E-state index contributed by atoms with van der Waals surface area (Å²) in [4.78, 5) is 5.15. The summed E-state index contributed by atoms with van der Waals surface area (Å²) >= 11 is 5.16. The highest BCUT2D eigenvalue weighted by atomic mass is 32.1. The van der Waals surface area contributed by atoms with Crippen molar-refractivity contribution < 1.29 is 4.74 Å². The molecule has 0 aromatic carbocycles. The summed E-state index contributed by atoms with van der Waals surface area (Å²) in [7, 11) is 1.73. The first-order valence-corrected chi connectivity index (χ1v) is 6.52. The average molecular weight is 263 g/mol. The summed E-state index contributed by atoms with van der Waals surface area (Å²) in [6.07, 6.45) is 4.12. The number of H-pyrrole nitrogens is 1. The molecule has 1 N–H and O–H groups in total. The third kappa shape index (κ3) is 2.71. The van der Waals surface area contributed by atoms with E-state index in [9.17, 15) is 5.26 Å². The van der Waals surface area contributed by atoms with E-state index in [-0.39, 0.29) is 0 Å². The number of piperidine rings is 1. The summed E-state index contributed by atoms with van der Waals surface area (Å²) < 4.78 is 5.74. The maximum absolute atomic E-state index is 9.21. The molecule has 18 heavy (non-hydrogen) atoms. The second-order valence-electron chi connectivity index (χ2n) is 4.59. The van der Waals surface area contributed by atoms with Crippen molar-refractivity contribution in [2.45, 2.75) is 12.8 Å². The molecule has 0 aliphatic carbocycles. The van der Waals surface area contributed by atoms with Gasteiger partial charge in [-0.25, -0.2) is 0 Å². The number of hydrogen-bond acceptors (Lipinski definition) is 4. The molecular weight excluding hydrogens is 246 g/mol. The van der Waals surface area contributed by atoms with Gasteiger partial charge in [-0.05, 0) is 24.8 Å². The van der Waals surface area contributed by atoms with Crippen LogP contribution in [0.2, 0.25) is 0 Å². The first-order chi connectivity index (χ1) is 8.76. The summed E-state index contributed by atoms with van der Waals surface area (Å²) in [5.41, 5.74) is 1.52. The third-order valence-corrected chi connectivity index (χ3v) is 3.63.